The standard InChI is InChI=1S/C17H16BrFO4.C16H13Br2FO4.C16H13BrClFO4.C16H13BrF2O4.C16H13BrFIO4.C16H14BrFO4/c1-10-5-4-6-15(23-17(20)21-3)12(10)9-22-16-8-14(19)11(2)7-13(16)18;1-9-6-12(18)15(7-13(9)19)22-8-10-11(17)4-3-5-14(10)23-16(20)21-2;2*1-9-6-11(17)15(7-13(9)19)22-8-10-12(18)4-3-5-14(10)23-16(20)21-2;1-9-6-11(17)15(7-12(9)18)22-8-10-13(19)4-3-5-14(10)23-16(20)21-2;1-10-7-12(17)15(8-13(10)18)21-9-11-5-3-4-6-14(11)22-16(19)20-2/h4-8H,9H2,1-3H3;4*3-7H,8H2,1-2H3;3-8H,9H2,1-2H3. The Kier molecular flexibility index (Phi) is 46.3. The third-order valence-electron chi connectivity index (χ3n) is 18.3. The number of benzene rings is 12. The van der Waals surface area contributed by atoms with Crippen LogP contribution in [-0.2, 0) is 68.1 Å². The summed E-state index contributed by atoms with van der Waals surface area (Å²) in [7, 11) is 7.27. The van der Waals surface area contributed by atoms with Gasteiger partial charge in [0.25, 0.3) is 0 Å². The molecule has 0 aliphatic rings. The van der Waals surface area contributed by atoms with E-state index in [0.717, 1.165) is 16.2 Å². The van der Waals surface area contributed by atoms with Gasteiger partial charge >= 0.3 is 36.9 Å². The van der Waals surface area contributed by atoms with E-state index in [9.17, 15) is 59.5 Å². The lowest BCUT2D eigenvalue weighted by Crippen LogP contribution is -2.11. The summed E-state index contributed by atoms with van der Waals surface area (Å²) in [5, 5.41) is 0.357. The Bertz CT molecular complexity index is 5560. The van der Waals surface area contributed by atoms with Gasteiger partial charge in [-0.3, -0.25) is 0 Å². The van der Waals surface area contributed by atoms with Gasteiger partial charge in [0.15, 0.2) is 0 Å². The molecule has 0 radical (unpaired) electrons. The summed E-state index contributed by atoms with van der Waals surface area (Å²) in [4.78, 5) is 67.6. The summed E-state index contributed by atoms with van der Waals surface area (Å²) in [6.07, 6.45) is -5.09. The zero-order valence-electron chi connectivity index (χ0n) is 74.5. The van der Waals surface area contributed by atoms with Gasteiger partial charge in [-0.25, -0.2) is 59.5 Å². The lowest BCUT2D eigenvalue weighted by molar-refractivity contribution is 0.119. The van der Waals surface area contributed by atoms with Gasteiger partial charge in [-0.1, -0.05) is 82.1 Å². The fourth-order valence-electron chi connectivity index (χ4n) is 10.9. The van der Waals surface area contributed by atoms with Crippen LogP contribution >= 0.6 is 146 Å². The summed E-state index contributed by atoms with van der Waals surface area (Å²) in [5.41, 5.74) is 6.98. The second kappa shape index (κ2) is 56.1. The number of hydrogen-bond acceptors (Lipinski definition) is 24. The van der Waals surface area contributed by atoms with Crippen LogP contribution in [0, 0.1) is 92.8 Å². The second-order valence-electron chi connectivity index (χ2n) is 27.8. The van der Waals surface area contributed by atoms with Crippen LogP contribution in [0.5, 0.6) is 69.0 Å². The highest BCUT2D eigenvalue weighted by Crippen LogP contribution is 2.40. The normalized spacial score (nSPS) is 10.3. The second-order valence-corrected chi connectivity index (χ2v) is 35.3. The molecule has 12 aromatic rings. The molecule has 137 heavy (non-hydrogen) atoms. The summed E-state index contributed by atoms with van der Waals surface area (Å²) in [5.74, 6) is 0.661. The molecule has 40 heteroatoms. The average Bonchev–Trinajstić information content (AvgIpc) is 0.837. The number of aryl methyl sites for hydroxylation is 7. The molecular weight excluding hydrogens is 2400 g/mol. The Balaban J connectivity index is 0.000000224. The third kappa shape index (κ3) is 35.1. The Hall–Kier alpha value is -11.1. The number of ether oxygens (including phenoxy) is 18. The van der Waals surface area contributed by atoms with Gasteiger partial charge in [0.2, 0.25) is 0 Å². The number of carbonyl (C=O) groups excluding carboxylic acids is 6. The van der Waals surface area contributed by atoms with Gasteiger partial charge in [-0.05, 0) is 303 Å². The summed E-state index contributed by atoms with van der Waals surface area (Å²) >= 11 is 31.5. The molecule has 0 aliphatic carbocycles. The first kappa shape index (κ1) is 113. The average molecular weight is 2490 g/mol. The zero-order valence-corrected chi connectivity index (χ0v) is 88.5. The fourth-order valence-corrected chi connectivity index (χ4v) is 15.6. The van der Waals surface area contributed by atoms with Crippen LogP contribution in [-0.4, -0.2) is 79.6 Å². The van der Waals surface area contributed by atoms with Gasteiger partial charge in [-0.15, -0.1) is 0 Å². The fraction of sp³-hybridized carbons (Fsp3) is 0.196. The molecule has 0 saturated heterocycles. The molecule has 0 unspecified atom stereocenters. The minimum absolute atomic E-state index is 0.00684. The van der Waals surface area contributed by atoms with Crippen LogP contribution in [0.15, 0.2) is 219 Å². The van der Waals surface area contributed by atoms with Gasteiger partial charge in [-0.2, -0.15) is 0 Å². The quantitative estimate of drug-likeness (QED) is 0.0179. The maximum Gasteiger partial charge on any atom is 0.513 e. The van der Waals surface area contributed by atoms with E-state index in [1.165, 1.54) is 90.1 Å². The Morgan fingerprint density at radius 2 is 0.496 bits per heavy atom. The molecule has 726 valence electrons. The van der Waals surface area contributed by atoms with Crippen LogP contribution in [0.25, 0.3) is 0 Å². The molecule has 0 aromatic heterocycles. The SMILES string of the molecule is COC(=O)Oc1cccc(Br)c1COc1cc(F)c(C)cc1Br.COC(=O)Oc1cccc(C)c1COc1cc(F)c(C)cc1Br.COC(=O)Oc1cccc(Cl)c1COc1cc(F)c(C)cc1Br.COC(=O)Oc1cccc(F)c1COc1cc(F)c(C)cc1Br.COC(=O)Oc1cccc(I)c1COc1cc(F)c(C)cc1Br.COC(=O)Oc1ccccc1COc1cc(F)c(C)cc1Br. The van der Waals surface area contributed by atoms with Crippen LogP contribution in [0.2, 0.25) is 5.02 Å². The van der Waals surface area contributed by atoms with Crippen molar-refractivity contribution >= 4 is 183 Å². The molecule has 0 bridgehead atoms. The van der Waals surface area contributed by atoms with Crippen LogP contribution < -0.4 is 56.8 Å². The van der Waals surface area contributed by atoms with E-state index in [2.05, 4.69) is 163 Å². The molecule has 0 fully saturated rings. The maximum atomic E-state index is 14.0. The highest BCUT2D eigenvalue weighted by atomic mass is 127. The Morgan fingerprint density at radius 1 is 0.248 bits per heavy atom. The molecular formula is C97H82Br7ClF7IO24. The zero-order chi connectivity index (χ0) is 101. The number of hydrogen-bond donors (Lipinski definition) is 0. The van der Waals surface area contributed by atoms with Crippen molar-refractivity contribution in [2.75, 3.05) is 42.7 Å². The van der Waals surface area contributed by atoms with Crippen LogP contribution in [0.3, 0.4) is 0 Å². The van der Waals surface area contributed by atoms with Crippen molar-refractivity contribution in [3.63, 3.8) is 0 Å². The number of rotatable bonds is 24. The lowest BCUT2D eigenvalue weighted by atomic mass is 10.1. The molecule has 0 spiro atoms. The summed E-state index contributed by atoms with van der Waals surface area (Å²) < 4.78 is 192. The van der Waals surface area contributed by atoms with Gasteiger partial charge < -0.3 is 85.3 Å². The van der Waals surface area contributed by atoms with Crippen molar-refractivity contribution in [3.8, 4) is 69.0 Å². The molecule has 0 atom stereocenters. The Morgan fingerprint density at radius 3 is 0.854 bits per heavy atom. The number of carbonyl (C=O) groups is 6. The first-order chi connectivity index (χ1) is 65.1. The first-order valence-corrected chi connectivity index (χ1v) is 46.4. The molecule has 0 aliphatic heterocycles. The van der Waals surface area contributed by atoms with Crippen molar-refractivity contribution < 1.29 is 145 Å². The molecule has 0 N–H and O–H groups in total. The van der Waals surface area contributed by atoms with E-state index in [0.29, 0.717) is 149 Å². The van der Waals surface area contributed by atoms with E-state index in [1.807, 2.05) is 19.1 Å². The largest absolute Gasteiger partial charge is 0.513 e. The molecule has 12 aromatic carbocycles. The number of para-hydroxylation sites is 1. The predicted octanol–water partition coefficient (Wildman–Crippen LogP) is 30.2. The Labute approximate surface area is 860 Å². The molecule has 0 amide bonds. The monoisotopic (exact) mass is 2480 g/mol. The predicted molar refractivity (Wildman–Crippen MR) is 526 cm³/mol. The first-order valence-electron chi connectivity index (χ1n) is 39.4. The van der Waals surface area contributed by atoms with Crippen LogP contribution in [0.1, 0.15) is 72.3 Å². The molecule has 0 heterocycles. The van der Waals surface area contributed by atoms with Gasteiger partial charge in [0.1, 0.15) is 149 Å². The van der Waals surface area contributed by atoms with Gasteiger partial charge in [0.05, 0.1) is 85.6 Å². The number of halogens is 16. The van der Waals surface area contributed by atoms with Crippen molar-refractivity contribution in [3.05, 3.63) is 341 Å². The van der Waals surface area contributed by atoms with Crippen LogP contribution in [0.4, 0.5) is 59.5 Å². The number of methoxy groups -OCH3 is 6. The smallest absolute Gasteiger partial charge is 0.487 e. The van der Waals surface area contributed by atoms with Gasteiger partial charge in [0, 0.05) is 66.7 Å². The third-order valence-corrected chi connectivity index (χ3v) is 24.2. The van der Waals surface area contributed by atoms with Crippen molar-refractivity contribution in [1.82, 2.24) is 0 Å². The molecule has 12 rings (SSSR count). The topological polar surface area (TPSA) is 269 Å². The summed E-state index contributed by atoms with van der Waals surface area (Å²) in [6.45, 7) is 12.0. The van der Waals surface area contributed by atoms with E-state index in [1.54, 1.807) is 163 Å². The van der Waals surface area contributed by atoms with E-state index in [-0.39, 0.29) is 91.5 Å². The highest BCUT2D eigenvalue weighted by molar-refractivity contribution is 14.1. The molecule has 0 saturated carbocycles. The highest BCUT2D eigenvalue weighted by Gasteiger charge is 2.23. The van der Waals surface area contributed by atoms with Crippen molar-refractivity contribution in [2.45, 2.75) is 88.1 Å². The molecule has 24 nitrogen and oxygen atoms in total. The minimum Gasteiger partial charge on any atom is -0.487 e. The minimum atomic E-state index is -0.973. The summed E-state index contributed by atoms with van der Waals surface area (Å²) in [6, 6.07) is 48.8. The van der Waals surface area contributed by atoms with E-state index in [4.69, 9.17) is 68.4 Å². The maximum absolute atomic E-state index is 14.0. The van der Waals surface area contributed by atoms with Crippen molar-refractivity contribution in [2.24, 2.45) is 0 Å². The van der Waals surface area contributed by atoms with E-state index < -0.39 is 48.6 Å². The van der Waals surface area contributed by atoms with E-state index >= 15 is 0 Å². The van der Waals surface area contributed by atoms with Crippen molar-refractivity contribution in [1.29, 1.82) is 0 Å². The lowest BCUT2D eigenvalue weighted by Gasteiger charge is -2.14.